The Labute approximate surface area is 251 Å². The van der Waals surface area contributed by atoms with Crippen LogP contribution in [0.25, 0.3) is 17.1 Å². The molecule has 43 heavy (non-hydrogen) atoms. The quantitative estimate of drug-likeness (QED) is 0.0845. The Balaban J connectivity index is 1.19. The number of hydrogen-bond donors (Lipinski definition) is 1. The number of hydrogen-bond acceptors (Lipinski definition) is 9. The van der Waals surface area contributed by atoms with Crippen LogP contribution in [0.15, 0.2) is 113 Å². The van der Waals surface area contributed by atoms with E-state index in [1.165, 1.54) is 30.1 Å². The van der Waals surface area contributed by atoms with Gasteiger partial charge in [-0.1, -0.05) is 72.4 Å². The van der Waals surface area contributed by atoms with Crippen molar-refractivity contribution >= 4 is 29.6 Å². The number of amides is 1. The highest BCUT2D eigenvalue weighted by atomic mass is 32.2. The zero-order valence-electron chi connectivity index (χ0n) is 23.0. The number of carbonyl (C=O) groups is 1. The van der Waals surface area contributed by atoms with E-state index >= 15 is 0 Å². The predicted octanol–water partition coefficient (Wildman–Crippen LogP) is 5.67. The second kappa shape index (κ2) is 13.9. The first-order chi connectivity index (χ1) is 21.0. The zero-order chi connectivity index (χ0) is 30.0. The molecule has 4 aromatic carbocycles. The van der Waals surface area contributed by atoms with Crippen molar-refractivity contribution in [3.63, 3.8) is 0 Å². The molecule has 0 aliphatic heterocycles. The van der Waals surface area contributed by atoms with Gasteiger partial charge in [0.2, 0.25) is 0 Å². The lowest BCUT2D eigenvalue weighted by atomic mass is 10.1. The van der Waals surface area contributed by atoms with Gasteiger partial charge in [-0.3, -0.25) is 19.5 Å². The molecule has 0 saturated carbocycles. The van der Waals surface area contributed by atoms with E-state index in [4.69, 9.17) is 9.47 Å². The highest BCUT2D eigenvalue weighted by Crippen LogP contribution is 2.28. The summed E-state index contributed by atoms with van der Waals surface area (Å²) in [6, 6.07) is 30.8. The number of aromatic nitrogens is 3. The molecule has 0 bridgehead atoms. The Morgan fingerprint density at radius 1 is 1.00 bits per heavy atom. The molecule has 11 nitrogen and oxygen atoms in total. The van der Waals surface area contributed by atoms with Crippen LogP contribution in [0.5, 0.6) is 11.5 Å². The van der Waals surface area contributed by atoms with E-state index in [2.05, 4.69) is 20.7 Å². The highest BCUT2D eigenvalue weighted by Gasteiger charge is 2.17. The minimum Gasteiger partial charge on any atom is -0.496 e. The number of nitrogens with one attached hydrogen (secondary N) is 1. The van der Waals surface area contributed by atoms with E-state index in [1.807, 2.05) is 77.4 Å². The summed E-state index contributed by atoms with van der Waals surface area (Å²) in [7, 11) is 1.54. The van der Waals surface area contributed by atoms with Gasteiger partial charge in [-0.25, -0.2) is 5.43 Å². The van der Waals surface area contributed by atoms with Gasteiger partial charge in [-0.05, 0) is 35.9 Å². The van der Waals surface area contributed by atoms with Crippen molar-refractivity contribution < 1.29 is 19.2 Å². The van der Waals surface area contributed by atoms with Gasteiger partial charge in [0.25, 0.3) is 11.6 Å². The third kappa shape index (κ3) is 7.43. The summed E-state index contributed by atoms with van der Waals surface area (Å²) in [4.78, 5) is 23.0. The van der Waals surface area contributed by atoms with Crippen LogP contribution in [-0.2, 0) is 11.4 Å². The molecule has 0 aliphatic carbocycles. The minimum atomic E-state index is -0.464. The normalized spacial score (nSPS) is 10.9. The molecule has 5 rings (SSSR count). The van der Waals surface area contributed by atoms with Gasteiger partial charge in [-0.2, -0.15) is 5.10 Å². The maximum Gasteiger partial charge on any atom is 0.269 e. The maximum absolute atomic E-state index is 12.6. The van der Waals surface area contributed by atoms with Gasteiger partial charge >= 0.3 is 0 Å². The minimum absolute atomic E-state index is 0.00749. The molecule has 0 atom stereocenters. The Morgan fingerprint density at radius 2 is 1.72 bits per heavy atom. The van der Waals surface area contributed by atoms with Crippen molar-refractivity contribution in [3.05, 3.63) is 124 Å². The second-order valence-corrected chi connectivity index (χ2v) is 9.98. The van der Waals surface area contributed by atoms with E-state index in [9.17, 15) is 14.9 Å². The Bertz CT molecular complexity index is 1730. The first-order valence-corrected chi connectivity index (χ1v) is 14.1. The number of para-hydroxylation sites is 1. The number of methoxy groups -OCH3 is 1. The van der Waals surface area contributed by atoms with Crippen molar-refractivity contribution in [2.45, 2.75) is 11.8 Å². The molecule has 1 heterocycles. The molecule has 1 N–H and O–H groups in total. The summed E-state index contributed by atoms with van der Waals surface area (Å²) in [5.41, 5.74) is 5.83. The number of nitro benzene ring substituents is 1. The summed E-state index contributed by atoms with van der Waals surface area (Å²) in [6.07, 6.45) is 1.52. The van der Waals surface area contributed by atoms with E-state index in [0.29, 0.717) is 28.0 Å². The fourth-order valence-corrected chi connectivity index (χ4v) is 4.82. The molecular weight excluding hydrogens is 568 g/mol. The molecule has 1 amide bonds. The molecule has 5 aromatic rings. The lowest BCUT2D eigenvalue weighted by molar-refractivity contribution is -0.384. The summed E-state index contributed by atoms with van der Waals surface area (Å²) >= 11 is 1.26. The van der Waals surface area contributed by atoms with Crippen LogP contribution in [0.3, 0.4) is 0 Å². The maximum atomic E-state index is 12.6. The van der Waals surface area contributed by atoms with Gasteiger partial charge in [0.1, 0.15) is 18.1 Å². The summed E-state index contributed by atoms with van der Waals surface area (Å²) < 4.78 is 13.2. The van der Waals surface area contributed by atoms with Crippen molar-refractivity contribution in [1.82, 2.24) is 20.2 Å². The number of benzene rings is 4. The Hall–Kier alpha value is -5.49. The molecule has 0 fully saturated rings. The predicted molar refractivity (Wildman–Crippen MR) is 164 cm³/mol. The van der Waals surface area contributed by atoms with Crippen LogP contribution in [0, 0.1) is 10.1 Å². The van der Waals surface area contributed by atoms with Crippen molar-refractivity contribution in [2.24, 2.45) is 5.10 Å². The molecule has 0 saturated heterocycles. The topological polar surface area (TPSA) is 134 Å². The number of hydrazone groups is 1. The largest absolute Gasteiger partial charge is 0.496 e. The van der Waals surface area contributed by atoms with Crippen LogP contribution < -0.4 is 14.9 Å². The summed E-state index contributed by atoms with van der Waals surface area (Å²) in [5.74, 6) is 1.53. The van der Waals surface area contributed by atoms with Crippen molar-refractivity contribution in [2.75, 3.05) is 12.9 Å². The number of thioether (sulfide) groups is 1. The molecule has 1 aromatic heterocycles. The smallest absolute Gasteiger partial charge is 0.269 e. The Kier molecular flexibility index (Phi) is 9.39. The monoisotopic (exact) mass is 594 g/mol. The molecule has 0 spiro atoms. The van der Waals surface area contributed by atoms with Gasteiger partial charge in [0.05, 0.1) is 24.0 Å². The van der Waals surface area contributed by atoms with Crippen LogP contribution in [0.4, 0.5) is 5.69 Å². The van der Waals surface area contributed by atoms with E-state index in [-0.39, 0.29) is 24.0 Å². The second-order valence-electron chi connectivity index (χ2n) is 9.04. The number of carbonyl (C=O) groups excluding carboxylic acids is 1. The molecule has 0 radical (unpaired) electrons. The van der Waals surface area contributed by atoms with Crippen molar-refractivity contribution in [1.29, 1.82) is 0 Å². The first-order valence-electron chi connectivity index (χ1n) is 13.1. The van der Waals surface area contributed by atoms with Crippen LogP contribution in [0.1, 0.15) is 11.1 Å². The molecule has 12 heteroatoms. The SMILES string of the molecule is COc1cc(/C=N\NC(=O)CSc2nnc(-c3ccccc3)n2-c2ccccc2)ccc1COc1ccc([N+](=O)[O-])cc1. The highest BCUT2D eigenvalue weighted by molar-refractivity contribution is 7.99. The van der Waals surface area contributed by atoms with Crippen LogP contribution in [0.2, 0.25) is 0 Å². The number of nitrogens with zero attached hydrogens (tertiary/aromatic N) is 5. The number of ether oxygens (including phenoxy) is 2. The standard InChI is InChI=1S/C31H26N6O5S/c1-41-28-18-22(12-13-24(28)20-42-27-16-14-26(15-17-27)37(39)40)19-32-33-29(38)21-43-31-35-34-30(23-8-4-2-5-9-23)36(31)25-10-6-3-7-11-25/h2-19H,20-21H2,1H3,(H,33,38)/b32-19-. The number of non-ortho nitro benzene ring substituents is 1. The van der Waals surface area contributed by atoms with Gasteiger partial charge in [-0.15, -0.1) is 10.2 Å². The fraction of sp³-hybridized carbons (Fsp3) is 0.0968. The van der Waals surface area contributed by atoms with E-state index in [0.717, 1.165) is 16.8 Å². The van der Waals surface area contributed by atoms with Crippen molar-refractivity contribution in [3.8, 4) is 28.6 Å². The summed E-state index contributed by atoms with van der Waals surface area (Å²) in [6.45, 7) is 0.200. The van der Waals surface area contributed by atoms with Crippen LogP contribution in [-0.4, -0.2) is 44.7 Å². The lowest BCUT2D eigenvalue weighted by Crippen LogP contribution is -2.20. The average Bonchev–Trinajstić information content (AvgIpc) is 3.48. The molecule has 0 aliphatic rings. The molecular formula is C31H26N6O5S. The lowest BCUT2D eigenvalue weighted by Gasteiger charge is -2.11. The average molecular weight is 595 g/mol. The third-order valence-electron chi connectivity index (χ3n) is 6.17. The Morgan fingerprint density at radius 3 is 2.42 bits per heavy atom. The molecule has 0 unspecified atom stereocenters. The number of nitro groups is 1. The third-order valence-corrected chi connectivity index (χ3v) is 7.10. The zero-order valence-corrected chi connectivity index (χ0v) is 23.8. The van der Waals surface area contributed by atoms with Gasteiger partial charge in [0, 0.05) is 28.9 Å². The van der Waals surface area contributed by atoms with Gasteiger partial charge < -0.3 is 9.47 Å². The number of rotatable bonds is 12. The first kappa shape index (κ1) is 29.0. The van der Waals surface area contributed by atoms with Crippen LogP contribution >= 0.6 is 11.8 Å². The molecule has 216 valence electrons. The fourth-order valence-electron chi connectivity index (χ4n) is 4.07. The van der Waals surface area contributed by atoms with E-state index < -0.39 is 4.92 Å². The summed E-state index contributed by atoms with van der Waals surface area (Å²) in [5, 5.41) is 24.2. The van der Waals surface area contributed by atoms with E-state index in [1.54, 1.807) is 25.3 Å². The van der Waals surface area contributed by atoms with Gasteiger partial charge in [0.15, 0.2) is 11.0 Å².